The van der Waals surface area contributed by atoms with E-state index in [1.54, 1.807) is 18.2 Å². The number of methoxy groups -OCH3 is 1. The van der Waals surface area contributed by atoms with E-state index in [9.17, 15) is 4.79 Å². The van der Waals surface area contributed by atoms with Crippen molar-refractivity contribution in [3.63, 3.8) is 0 Å². The Morgan fingerprint density at radius 3 is 2.59 bits per heavy atom. The highest BCUT2D eigenvalue weighted by atomic mass is 127. The number of guanidine groups is 1. The second-order valence-electron chi connectivity index (χ2n) is 4.38. The summed E-state index contributed by atoms with van der Waals surface area (Å²) in [6.45, 7) is 0.385. The van der Waals surface area contributed by atoms with Crippen molar-refractivity contribution in [2.45, 2.75) is 6.54 Å². The van der Waals surface area contributed by atoms with Crippen LogP contribution < -0.4 is 11.1 Å². The molecule has 0 aliphatic heterocycles. The third-order valence-electron chi connectivity index (χ3n) is 2.83. The van der Waals surface area contributed by atoms with Crippen molar-refractivity contribution in [3.05, 3.63) is 65.7 Å². The minimum atomic E-state index is -0.365. The number of halogens is 1. The molecule has 0 amide bonds. The van der Waals surface area contributed by atoms with E-state index in [1.165, 1.54) is 7.11 Å². The molecular weight excluding hydrogens is 393 g/mol. The summed E-state index contributed by atoms with van der Waals surface area (Å²) in [7, 11) is 1.36. The zero-order valence-electron chi connectivity index (χ0n) is 12.2. The number of esters is 1. The van der Waals surface area contributed by atoms with Gasteiger partial charge in [0.15, 0.2) is 5.96 Å². The molecule has 3 N–H and O–H groups in total. The molecular formula is C16H18IN3O2. The maximum Gasteiger partial charge on any atom is 0.337 e. The quantitative estimate of drug-likeness (QED) is 0.351. The van der Waals surface area contributed by atoms with Crippen LogP contribution in [0.1, 0.15) is 15.9 Å². The molecule has 0 aliphatic rings. The van der Waals surface area contributed by atoms with Gasteiger partial charge >= 0.3 is 5.97 Å². The topological polar surface area (TPSA) is 76.7 Å². The van der Waals surface area contributed by atoms with Gasteiger partial charge in [-0.1, -0.05) is 30.3 Å². The highest BCUT2D eigenvalue weighted by molar-refractivity contribution is 14.0. The van der Waals surface area contributed by atoms with Crippen molar-refractivity contribution in [1.82, 2.24) is 0 Å². The lowest BCUT2D eigenvalue weighted by Crippen LogP contribution is -2.22. The lowest BCUT2D eigenvalue weighted by molar-refractivity contribution is 0.0600. The molecule has 0 bridgehead atoms. The van der Waals surface area contributed by atoms with Gasteiger partial charge in [-0.3, -0.25) is 0 Å². The Kier molecular flexibility index (Phi) is 7.38. The molecule has 116 valence electrons. The molecule has 0 saturated heterocycles. The summed E-state index contributed by atoms with van der Waals surface area (Å²) in [6, 6.07) is 16.7. The molecule has 2 aromatic carbocycles. The lowest BCUT2D eigenvalue weighted by atomic mass is 10.1. The molecule has 6 heteroatoms. The monoisotopic (exact) mass is 411 g/mol. The fraction of sp³-hybridized carbons (Fsp3) is 0.125. The molecule has 0 aromatic heterocycles. The predicted octanol–water partition coefficient (Wildman–Crippen LogP) is 3.02. The lowest BCUT2D eigenvalue weighted by Gasteiger charge is -2.06. The van der Waals surface area contributed by atoms with Gasteiger partial charge in [-0.2, -0.15) is 0 Å². The van der Waals surface area contributed by atoms with Crippen LogP contribution in [0.25, 0.3) is 0 Å². The number of anilines is 1. The number of hydrogen-bond acceptors (Lipinski definition) is 3. The number of rotatable bonds is 4. The predicted molar refractivity (Wildman–Crippen MR) is 98.6 cm³/mol. The molecule has 22 heavy (non-hydrogen) atoms. The van der Waals surface area contributed by atoms with Gasteiger partial charge in [0.05, 0.1) is 19.2 Å². The van der Waals surface area contributed by atoms with Gasteiger partial charge < -0.3 is 15.8 Å². The molecule has 2 aromatic rings. The summed E-state index contributed by atoms with van der Waals surface area (Å²) in [5.74, 6) is -0.0408. The van der Waals surface area contributed by atoms with Gasteiger partial charge in [-0.25, -0.2) is 9.79 Å². The maximum absolute atomic E-state index is 11.4. The first-order chi connectivity index (χ1) is 10.2. The minimum Gasteiger partial charge on any atom is -0.465 e. The molecule has 0 atom stereocenters. The molecule has 0 unspecified atom stereocenters. The number of ether oxygens (including phenoxy) is 1. The molecule has 2 rings (SSSR count). The van der Waals surface area contributed by atoms with Gasteiger partial charge in [0.25, 0.3) is 0 Å². The Labute approximate surface area is 146 Å². The standard InChI is InChI=1S/C16H17N3O2.HI/c1-21-15(20)13-7-5-6-12(10-13)11-18-16(17)19-14-8-3-2-4-9-14;/h2-10H,11H2,1H3,(H3,17,18,19);1H. The number of para-hydroxylation sites is 1. The number of nitrogens with zero attached hydrogens (tertiary/aromatic N) is 1. The normalized spacial score (nSPS) is 10.5. The third-order valence-corrected chi connectivity index (χ3v) is 2.83. The van der Waals surface area contributed by atoms with E-state index in [1.807, 2.05) is 36.4 Å². The molecule has 0 aliphatic carbocycles. The summed E-state index contributed by atoms with van der Waals surface area (Å²) in [4.78, 5) is 15.7. The Morgan fingerprint density at radius 1 is 1.18 bits per heavy atom. The van der Waals surface area contributed by atoms with Crippen molar-refractivity contribution in [2.24, 2.45) is 10.7 Å². The molecule has 0 heterocycles. The second-order valence-corrected chi connectivity index (χ2v) is 4.38. The van der Waals surface area contributed by atoms with Crippen molar-refractivity contribution in [3.8, 4) is 0 Å². The Hall–Kier alpha value is -2.09. The first-order valence-corrected chi connectivity index (χ1v) is 6.48. The molecule has 0 saturated carbocycles. The highest BCUT2D eigenvalue weighted by Gasteiger charge is 2.05. The van der Waals surface area contributed by atoms with E-state index in [2.05, 4.69) is 15.0 Å². The Morgan fingerprint density at radius 2 is 1.91 bits per heavy atom. The molecule has 0 spiro atoms. The summed E-state index contributed by atoms with van der Waals surface area (Å²) >= 11 is 0. The smallest absolute Gasteiger partial charge is 0.337 e. The number of nitrogens with one attached hydrogen (secondary N) is 1. The third kappa shape index (κ3) is 5.36. The fourth-order valence-electron chi connectivity index (χ4n) is 1.80. The van der Waals surface area contributed by atoms with Gasteiger partial charge in [0.2, 0.25) is 0 Å². The number of aliphatic imine (C=N–C) groups is 1. The number of carbonyl (C=O) groups excluding carboxylic acids is 1. The van der Waals surface area contributed by atoms with Crippen LogP contribution in [0.3, 0.4) is 0 Å². The molecule has 5 nitrogen and oxygen atoms in total. The summed E-state index contributed by atoms with van der Waals surface area (Å²) in [5, 5.41) is 3.00. The van der Waals surface area contributed by atoms with Crippen molar-refractivity contribution in [1.29, 1.82) is 0 Å². The van der Waals surface area contributed by atoms with Gasteiger partial charge in [-0.15, -0.1) is 24.0 Å². The maximum atomic E-state index is 11.4. The van der Waals surface area contributed by atoms with Gasteiger partial charge in [0, 0.05) is 5.69 Å². The van der Waals surface area contributed by atoms with Crippen LogP contribution >= 0.6 is 24.0 Å². The van der Waals surface area contributed by atoms with Crippen LogP contribution in [0.5, 0.6) is 0 Å². The highest BCUT2D eigenvalue weighted by Crippen LogP contribution is 2.08. The summed E-state index contributed by atoms with van der Waals surface area (Å²) in [6.07, 6.45) is 0. The second kappa shape index (κ2) is 9.04. The van der Waals surface area contributed by atoms with E-state index < -0.39 is 0 Å². The zero-order chi connectivity index (χ0) is 15.1. The van der Waals surface area contributed by atoms with E-state index >= 15 is 0 Å². The average Bonchev–Trinajstić information content (AvgIpc) is 2.53. The summed E-state index contributed by atoms with van der Waals surface area (Å²) < 4.78 is 4.68. The van der Waals surface area contributed by atoms with Crippen molar-refractivity contribution < 1.29 is 9.53 Å². The summed E-state index contributed by atoms with van der Waals surface area (Å²) in [5.41, 5.74) is 8.09. The molecule has 0 radical (unpaired) electrons. The van der Waals surface area contributed by atoms with E-state index in [-0.39, 0.29) is 29.9 Å². The van der Waals surface area contributed by atoms with Crippen molar-refractivity contribution in [2.75, 3.05) is 12.4 Å². The van der Waals surface area contributed by atoms with Crippen LogP contribution in [-0.4, -0.2) is 19.0 Å². The average molecular weight is 411 g/mol. The van der Waals surface area contributed by atoms with Gasteiger partial charge in [-0.05, 0) is 29.8 Å². The SMILES string of the molecule is COC(=O)c1cccc(CN=C(N)Nc2ccccc2)c1.I. The van der Waals surface area contributed by atoms with Gasteiger partial charge in [0.1, 0.15) is 0 Å². The fourth-order valence-corrected chi connectivity index (χ4v) is 1.80. The number of nitrogens with two attached hydrogens (primary N) is 1. The number of carbonyl (C=O) groups is 1. The number of benzene rings is 2. The Balaban J connectivity index is 0.00000242. The first-order valence-electron chi connectivity index (χ1n) is 6.48. The first kappa shape index (κ1) is 18.0. The van der Waals surface area contributed by atoms with E-state index in [0.717, 1.165) is 11.3 Å². The minimum absolute atomic E-state index is 0. The molecule has 0 fully saturated rings. The van der Waals surface area contributed by atoms with Crippen LogP contribution in [0, 0.1) is 0 Å². The number of hydrogen-bond donors (Lipinski definition) is 2. The Bertz CT molecular complexity index is 645. The van der Waals surface area contributed by atoms with E-state index in [4.69, 9.17) is 5.73 Å². The largest absolute Gasteiger partial charge is 0.465 e. The zero-order valence-corrected chi connectivity index (χ0v) is 14.5. The van der Waals surface area contributed by atoms with Crippen molar-refractivity contribution >= 4 is 41.6 Å². The van der Waals surface area contributed by atoms with Crippen LogP contribution in [-0.2, 0) is 11.3 Å². The van der Waals surface area contributed by atoms with Crippen LogP contribution in [0.4, 0.5) is 5.69 Å². The van der Waals surface area contributed by atoms with Crippen LogP contribution in [0.15, 0.2) is 59.6 Å². The van der Waals surface area contributed by atoms with E-state index in [0.29, 0.717) is 18.1 Å². The van der Waals surface area contributed by atoms with Crippen LogP contribution in [0.2, 0.25) is 0 Å².